The SMILES string of the molecule is O=C(CC[NH+]1CCCCC1)NNC(=O)COc1ccc2c(c1)CCC2. The summed E-state index contributed by atoms with van der Waals surface area (Å²) >= 11 is 0. The molecule has 6 heteroatoms. The average Bonchev–Trinajstić information content (AvgIpc) is 3.11. The van der Waals surface area contributed by atoms with Crippen molar-refractivity contribution in [2.75, 3.05) is 26.2 Å². The second-order valence-electron chi connectivity index (χ2n) is 6.98. The Morgan fingerprint density at radius 1 is 0.960 bits per heavy atom. The first-order chi connectivity index (χ1) is 12.2. The molecule has 0 radical (unpaired) electrons. The number of ether oxygens (including phenoxy) is 1. The summed E-state index contributed by atoms with van der Waals surface area (Å²) in [5.74, 6) is 0.207. The van der Waals surface area contributed by atoms with Crippen molar-refractivity contribution >= 4 is 11.8 Å². The third kappa shape index (κ3) is 5.46. The minimum Gasteiger partial charge on any atom is -0.484 e. The maximum Gasteiger partial charge on any atom is 0.276 e. The van der Waals surface area contributed by atoms with E-state index in [0.717, 1.165) is 32.5 Å². The fourth-order valence-electron chi connectivity index (χ4n) is 3.62. The molecule has 2 amide bonds. The molecule has 25 heavy (non-hydrogen) atoms. The number of nitrogens with one attached hydrogen (secondary N) is 3. The molecule has 1 fully saturated rings. The summed E-state index contributed by atoms with van der Waals surface area (Å²) < 4.78 is 5.51. The summed E-state index contributed by atoms with van der Waals surface area (Å²) in [5.41, 5.74) is 7.57. The number of carbonyl (C=O) groups is 2. The molecular formula is C19H28N3O3+. The Morgan fingerprint density at radius 3 is 2.56 bits per heavy atom. The molecule has 6 nitrogen and oxygen atoms in total. The van der Waals surface area contributed by atoms with Crippen molar-refractivity contribution in [1.29, 1.82) is 0 Å². The van der Waals surface area contributed by atoms with Crippen LogP contribution < -0.4 is 20.5 Å². The molecule has 0 bridgehead atoms. The minimum atomic E-state index is -0.348. The summed E-state index contributed by atoms with van der Waals surface area (Å²) in [5, 5.41) is 0. The van der Waals surface area contributed by atoms with Gasteiger partial charge in [-0.05, 0) is 61.8 Å². The largest absolute Gasteiger partial charge is 0.484 e. The lowest BCUT2D eigenvalue weighted by molar-refractivity contribution is -0.904. The van der Waals surface area contributed by atoms with E-state index in [1.54, 1.807) is 0 Å². The molecule has 1 aliphatic carbocycles. The quantitative estimate of drug-likeness (QED) is 0.643. The topological polar surface area (TPSA) is 71.9 Å². The lowest BCUT2D eigenvalue weighted by Gasteiger charge is -2.23. The average molecular weight is 346 g/mol. The Hall–Kier alpha value is -2.08. The molecule has 0 aromatic heterocycles. The van der Waals surface area contributed by atoms with Crippen LogP contribution in [0.25, 0.3) is 0 Å². The van der Waals surface area contributed by atoms with E-state index in [2.05, 4.69) is 16.9 Å². The number of amides is 2. The molecule has 0 unspecified atom stereocenters. The number of piperidine rings is 1. The third-order valence-corrected chi connectivity index (χ3v) is 5.05. The Kier molecular flexibility index (Phi) is 6.28. The number of likely N-dealkylation sites (tertiary alicyclic amines) is 1. The fourth-order valence-corrected chi connectivity index (χ4v) is 3.62. The molecule has 0 spiro atoms. The normalized spacial score (nSPS) is 17.0. The van der Waals surface area contributed by atoms with Gasteiger partial charge in [-0.1, -0.05) is 6.07 Å². The van der Waals surface area contributed by atoms with Gasteiger partial charge in [0.25, 0.3) is 5.91 Å². The summed E-state index contributed by atoms with van der Waals surface area (Å²) in [4.78, 5) is 25.1. The van der Waals surface area contributed by atoms with Gasteiger partial charge in [0.05, 0.1) is 26.1 Å². The Balaban J connectivity index is 1.31. The monoisotopic (exact) mass is 346 g/mol. The predicted octanol–water partition coefficient (Wildman–Crippen LogP) is 0.160. The molecule has 1 heterocycles. The van der Waals surface area contributed by atoms with Crippen molar-refractivity contribution < 1.29 is 19.2 Å². The number of carbonyl (C=O) groups excluding carboxylic acids is 2. The van der Waals surface area contributed by atoms with Crippen molar-refractivity contribution in [3.05, 3.63) is 29.3 Å². The molecule has 2 aliphatic rings. The maximum atomic E-state index is 11.8. The Morgan fingerprint density at radius 2 is 1.72 bits per heavy atom. The summed E-state index contributed by atoms with van der Waals surface area (Å²) in [6.45, 7) is 3.02. The van der Waals surface area contributed by atoms with Crippen molar-refractivity contribution in [2.24, 2.45) is 0 Å². The van der Waals surface area contributed by atoms with Crippen LogP contribution in [-0.4, -0.2) is 38.1 Å². The Bertz CT molecular complexity index is 612. The molecule has 3 rings (SSSR count). The van der Waals surface area contributed by atoms with Crippen LogP contribution in [-0.2, 0) is 22.4 Å². The van der Waals surface area contributed by atoms with Gasteiger partial charge in [0.15, 0.2) is 6.61 Å². The molecular weight excluding hydrogens is 318 g/mol. The number of rotatable bonds is 6. The molecule has 0 atom stereocenters. The van der Waals surface area contributed by atoms with E-state index in [-0.39, 0.29) is 18.4 Å². The van der Waals surface area contributed by atoms with E-state index in [1.807, 2.05) is 12.1 Å². The minimum absolute atomic E-state index is 0.101. The van der Waals surface area contributed by atoms with Crippen LogP contribution in [0.1, 0.15) is 43.2 Å². The molecule has 1 saturated heterocycles. The first-order valence-corrected chi connectivity index (χ1v) is 9.36. The number of hydrazine groups is 1. The van der Waals surface area contributed by atoms with E-state index in [4.69, 9.17) is 4.74 Å². The van der Waals surface area contributed by atoms with Crippen molar-refractivity contribution in [3.8, 4) is 5.75 Å². The van der Waals surface area contributed by atoms with Gasteiger partial charge in [-0.2, -0.15) is 0 Å². The highest BCUT2D eigenvalue weighted by atomic mass is 16.5. The van der Waals surface area contributed by atoms with Gasteiger partial charge in [0, 0.05) is 0 Å². The van der Waals surface area contributed by atoms with Crippen molar-refractivity contribution in [2.45, 2.75) is 44.9 Å². The number of fused-ring (bicyclic) bond motifs is 1. The fraction of sp³-hybridized carbons (Fsp3) is 0.579. The van der Waals surface area contributed by atoms with Crippen molar-refractivity contribution in [3.63, 3.8) is 0 Å². The maximum absolute atomic E-state index is 11.8. The van der Waals surface area contributed by atoms with Crippen LogP contribution in [0.2, 0.25) is 0 Å². The number of aryl methyl sites for hydroxylation is 2. The first kappa shape index (κ1) is 17.7. The molecule has 1 aromatic carbocycles. The molecule has 136 valence electrons. The zero-order chi connectivity index (χ0) is 17.5. The second kappa shape index (κ2) is 8.85. The third-order valence-electron chi connectivity index (χ3n) is 5.05. The van der Waals surface area contributed by atoms with Crippen molar-refractivity contribution in [1.82, 2.24) is 10.9 Å². The van der Waals surface area contributed by atoms with Crippen LogP contribution in [0, 0.1) is 0 Å². The Labute approximate surface area is 148 Å². The van der Waals surface area contributed by atoms with E-state index in [0.29, 0.717) is 12.2 Å². The summed E-state index contributed by atoms with van der Waals surface area (Å²) in [6.07, 6.45) is 7.61. The predicted molar refractivity (Wildman–Crippen MR) is 94.3 cm³/mol. The smallest absolute Gasteiger partial charge is 0.276 e. The first-order valence-electron chi connectivity index (χ1n) is 9.36. The van der Waals surface area contributed by atoms with E-state index >= 15 is 0 Å². The molecule has 1 aliphatic heterocycles. The van der Waals surface area contributed by atoms with Crippen LogP contribution in [0.5, 0.6) is 5.75 Å². The van der Waals surface area contributed by atoms with Crippen LogP contribution in [0.4, 0.5) is 0 Å². The number of hydrogen-bond donors (Lipinski definition) is 3. The highest BCUT2D eigenvalue weighted by Crippen LogP contribution is 2.25. The summed E-state index contributed by atoms with van der Waals surface area (Å²) in [6, 6.07) is 5.98. The number of benzene rings is 1. The van der Waals surface area contributed by atoms with Gasteiger partial charge < -0.3 is 9.64 Å². The van der Waals surface area contributed by atoms with E-state index < -0.39 is 0 Å². The van der Waals surface area contributed by atoms with Gasteiger partial charge in [-0.15, -0.1) is 0 Å². The van der Waals surface area contributed by atoms with Crippen LogP contribution in [0.3, 0.4) is 0 Å². The second-order valence-corrected chi connectivity index (χ2v) is 6.98. The highest BCUT2D eigenvalue weighted by molar-refractivity contribution is 5.82. The molecule has 0 saturated carbocycles. The lowest BCUT2D eigenvalue weighted by atomic mass is 10.1. The number of quaternary nitrogens is 1. The van der Waals surface area contributed by atoms with Gasteiger partial charge in [-0.3, -0.25) is 20.4 Å². The lowest BCUT2D eigenvalue weighted by Crippen LogP contribution is -3.12. The van der Waals surface area contributed by atoms with Crippen LogP contribution >= 0.6 is 0 Å². The summed E-state index contributed by atoms with van der Waals surface area (Å²) in [7, 11) is 0. The van der Waals surface area contributed by atoms with Gasteiger partial charge in [0.1, 0.15) is 5.75 Å². The van der Waals surface area contributed by atoms with Gasteiger partial charge in [-0.25, -0.2) is 0 Å². The van der Waals surface area contributed by atoms with E-state index in [9.17, 15) is 9.59 Å². The standard InChI is InChI=1S/C19H27N3O3/c23-18(9-12-22-10-2-1-3-11-22)20-21-19(24)14-25-17-8-7-15-5-4-6-16(15)13-17/h7-8,13H,1-6,9-12,14H2,(H,20,23)(H,21,24)/p+1. The molecule has 1 aromatic rings. The van der Waals surface area contributed by atoms with Crippen LogP contribution in [0.15, 0.2) is 18.2 Å². The zero-order valence-corrected chi connectivity index (χ0v) is 14.7. The van der Waals surface area contributed by atoms with Gasteiger partial charge >= 0.3 is 0 Å². The van der Waals surface area contributed by atoms with E-state index in [1.165, 1.54) is 41.7 Å². The highest BCUT2D eigenvalue weighted by Gasteiger charge is 2.15. The zero-order valence-electron chi connectivity index (χ0n) is 14.7. The number of hydrogen-bond acceptors (Lipinski definition) is 3. The van der Waals surface area contributed by atoms with Gasteiger partial charge in [0.2, 0.25) is 5.91 Å². The molecule has 3 N–H and O–H groups in total.